The van der Waals surface area contributed by atoms with Crippen molar-refractivity contribution in [3.8, 4) is 11.5 Å². The molecule has 1 saturated heterocycles. The minimum absolute atomic E-state index is 0.0131. The summed E-state index contributed by atoms with van der Waals surface area (Å²) in [7, 11) is 0. The van der Waals surface area contributed by atoms with Gasteiger partial charge in [0.1, 0.15) is 0 Å². The first-order chi connectivity index (χ1) is 19.4. The lowest BCUT2D eigenvalue weighted by Gasteiger charge is -2.39. The molecule has 2 aliphatic rings. The van der Waals surface area contributed by atoms with Crippen molar-refractivity contribution in [2.24, 2.45) is 11.8 Å². The summed E-state index contributed by atoms with van der Waals surface area (Å²) in [5.74, 6) is 1.43. The number of H-pyrrole nitrogens is 1. The molecule has 1 aliphatic carbocycles. The summed E-state index contributed by atoms with van der Waals surface area (Å²) in [4.78, 5) is 46.8. The van der Waals surface area contributed by atoms with Gasteiger partial charge in [0, 0.05) is 50.4 Å². The molecule has 1 saturated carbocycles. The Labute approximate surface area is 234 Å². The van der Waals surface area contributed by atoms with E-state index in [1.54, 1.807) is 12.1 Å². The van der Waals surface area contributed by atoms with Crippen molar-refractivity contribution in [1.29, 1.82) is 0 Å². The molecule has 2 fully saturated rings. The van der Waals surface area contributed by atoms with Crippen LogP contribution in [0.2, 0.25) is 0 Å². The van der Waals surface area contributed by atoms with Gasteiger partial charge in [-0.2, -0.15) is 0 Å². The molecule has 2 aromatic carbocycles. The lowest BCUT2D eigenvalue weighted by Crippen LogP contribution is -2.50. The number of ether oxygens (including phenoxy) is 2. The SMILES string of the molecule is CCOc1cc2[nH]c(=O)n(CC3CCC(C(=O)N4CCN(c5cccc(C)c5)CC4)CC3)c(=O)c2cc1OCC. The van der Waals surface area contributed by atoms with Gasteiger partial charge in [-0.1, -0.05) is 12.1 Å². The lowest BCUT2D eigenvalue weighted by molar-refractivity contribution is -0.137. The van der Waals surface area contributed by atoms with Crippen molar-refractivity contribution >= 4 is 22.5 Å². The number of carbonyl (C=O) groups is 1. The molecule has 5 rings (SSSR count). The number of piperazine rings is 1. The van der Waals surface area contributed by atoms with Crippen molar-refractivity contribution in [1.82, 2.24) is 14.5 Å². The van der Waals surface area contributed by atoms with Gasteiger partial charge in [0.15, 0.2) is 11.5 Å². The maximum Gasteiger partial charge on any atom is 0.328 e. The lowest BCUT2D eigenvalue weighted by atomic mass is 9.81. The summed E-state index contributed by atoms with van der Waals surface area (Å²) in [5, 5.41) is 0.403. The molecule has 3 aromatic rings. The van der Waals surface area contributed by atoms with Crippen LogP contribution in [-0.2, 0) is 11.3 Å². The van der Waals surface area contributed by atoms with Crippen molar-refractivity contribution in [2.75, 3.05) is 44.3 Å². The summed E-state index contributed by atoms with van der Waals surface area (Å²) < 4.78 is 12.6. The third kappa shape index (κ3) is 5.88. The topological polar surface area (TPSA) is 96.9 Å². The average Bonchev–Trinajstić information content (AvgIpc) is 2.96. The molecule has 9 nitrogen and oxygen atoms in total. The van der Waals surface area contributed by atoms with E-state index in [1.165, 1.54) is 15.8 Å². The Balaban J connectivity index is 1.20. The number of hydrogen-bond acceptors (Lipinski definition) is 6. The number of benzene rings is 2. The number of nitrogens with one attached hydrogen (secondary N) is 1. The number of anilines is 1. The van der Waals surface area contributed by atoms with Crippen LogP contribution in [0.4, 0.5) is 5.69 Å². The molecule has 9 heteroatoms. The van der Waals surface area contributed by atoms with Gasteiger partial charge in [-0.3, -0.25) is 14.2 Å². The number of nitrogens with zero attached hydrogens (tertiary/aromatic N) is 3. The van der Waals surface area contributed by atoms with Crippen LogP contribution in [0.25, 0.3) is 10.9 Å². The molecule has 1 aliphatic heterocycles. The zero-order valence-corrected chi connectivity index (χ0v) is 23.8. The Hall–Kier alpha value is -3.75. The zero-order chi connectivity index (χ0) is 28.2. The second-order valence-corrected chi connectivity index (χ2v) is 10.9. The van der Waals surface area contributed by atoms with Crippen molar-refractivity contribution < 1.29 is 14.3 Å². The Morgan fingerprint density at radius 3 is 2.25 bits per heavy atom. The van der Waals surface area contributed by atoms with Crippen LogP contribution in [0, 0.1) is 18.8 Å². The van der Waals surface area contributed by atoms with Crippen molar-refractivity contribution in [2.45, 2.75) is 53.0 Å². The van der Waals surface area contributed by atoms with Gasteiger partial charge in [0.05, 0.1) is 24.1 Å². The molecular weight excluding hydrogens is 508 g/mol. The highest BCUT2D eigenvalue weighted by atomic mass is 16.5. The number of carbonyl (C=O) groups excluding carboxylic acids is 1. The van der Waals surface area contributed by atoms with Crippen molar-refractivity contribution in [3.05, 3.63) is 62.8 Å². The van der Waals surface area contributed by atoms with Gasteiger partial charge in [-0.15, -0.1) is 0 Å². The highest BCUT2D eigenvalue weighted by molar-refractivity contribution is 5.81. The molecule has 2 heterocycles. The van der Waals surface area contributed by atoms with Crippen molar-refractivity contribution in [3.63, 3.8) is 0 Å². The van der Waals surface area contributed by atoms with E-state index in [2.05, 4.69) is 41.1 Å². The van der Waals surface area contributed by atoms with Crippen LogP contribution in [-0.4, -0.2) is 59.8 Å². The molecule has 1 N–H and O–H groups in total. The molecule has 214 valence electrons. The monoisotopic (exact) mass is 548 g/mol. The number of amides is 1. The Morgan fingerprint density at radius 1 is 0.925 bits per heavy atom. The Bertz CT molecular complexity index is 1460. The number of aromatic nitrogens is 2. The van der Waals surface area contributed by atoms with E-state index < -0.39 is 5.69 Å². The summed E-state index contributed by atoms with van der Waals surface area (Å²) in [6, 6.07) is 11.8. The minimum Gasteiger partial charge on any atom is -0.490 e. The molecular formula is C31H40N4O5. The second kappa shape index (κ2) is 12.2. The van der Waals surface area contributed by atoms with E-state index >= 15 is 0 Å². The second-order valence-electron chi connectivity index (χ2n) is 10.9. The molecule has 0 unspecified atom stereocenters. The molecule has 0 bridgehead atoms. The van der Waals surface area contributed by atoms with E-state index in [-0.39, 0.29) is 23.3 Å². The number of aryl methyl sites for hydroxylation is 1. The maximum atomic E-state index is 13.4. The molecule has 1 aromatic heterocycles. The van der Waals surface area contributed by atoms with Gasteiger partial charge in [-0.25, -0.2) is 4.79 Å². The Kier molecular flexibility index (Phi) is 8.47. The first-order valence-electron chi connectivity index (χ1n) is 14.5. The standard InChI is InChI=1S/C31H40N4O5/c1-4-39-27-18-25-26(19-28(27)40-5-2)32-31(38)35(30(25)37)20-22-9-11-23(12-10-22)29(36)34-15-13-33(14-16-34)24-8-6-7-21(3)17-24/h6-8,17-19,22-23H,4-5,9-16,20H2,1-3H3,(H,32,38). The van der Waals surface area contributed by atoms with E-state index in [0.29, 0.717) is 42.2 Å². The normalized spacial score (nSPS) is 19.6. The quantitative estimate of drug-likeness (QED) is 0.458. The molecule has 1 amide bonds. The third-order valence-corrected chi connectivity index (χ3v) is 8.24. The van der Waals surface area contributed by atoms with Crippen LogP contribution in [0.5, 0.6) is 11.5 Å². The number of aromatic amines is 1. The van der Waals surface area contributed by atoms with Gasteiger partial charge in [-0.05, 0) is 76.1 Å². The van der Waals surface area contributed by atoms with E-state index in [4.69, 9.17) is 9.47 Å². The zero-order valence-electron chi connectivity index (χ0n) is 23.8. The van der Waals surface area contributed by atoms with E-state index in [0.717, 1.165) is 51.9 Å². The minimum atomic E-state index is -0.422. The summed E-state index contributed by atoms with van der Waals surface area (Å²) in [6.45, 7) is 10.2. The van der Waals surface area contributed by atoms with Crippen LogP contribution in [0.15, 0.2) is 46.0 Å². The number of hydrogen-bond donors (Lipinski definition) is 1. The molecule has 0 radical (unpaired) electrons. The molecule has 0 spiro atoms. The first kappa shape index (κ1) is 27.8. The van der Waals surface area contributed by atoms with Crippen LogP contribution in [0.3, 0.4) is 0 Å². The fourth-order valence-electron chi connectivity index (χ4n) is 6.08. The first-order valence-corrected chi connectivity index (χ1v) is 14.5. The van der Waals surface area contributed by atoms with Gasteiger partial charge < -0.3 is 24.3 Å². The van der Waals surface area contributed by atoms with Crippen LogP contribution < -0.4 is 25.6 Å². The van der Waals surface area contributed by atoms with E-state index in [1.807, 2.05) is 18.7 Å². The molecule has 40 heavy (non-hydrogen) atoms. The van der Waals surface area contributed by atoms with Gasteiger partial charge in [0.2, 0.25) is 5.91 Å². The smallest absolute Gasteiger partial charge is 0.328 e. The average molecular weight is 549 g/mol. The number of rotatable bonds is 8. The van der Waals surface area contributed by atoms with Gasteiger partial charge in [0.25, 0.3) is 5.56 Å². The van der Waals surface area contributed by atoms with E-state index in [9.17, 15) is 14.4 Å². The third-order valence-electron chi connectivity index (χ3n) is 8.24. The maximum absolute atomic E-state index is 13.4. The highest BCUT2D eigenvalue weighted by Crippen LogP contribution is 2.32. The van der Waals surface area contributed by atoms with Crippen LogP contribution >= 0.6 is 0 Å². The fourth-order valence-corrected chi connectivity index (χ4v) is 6.08. The highest BCUT2D eigenvalue weighted by Gasteiger charge is 2.31. The fraction of sp³-hybridized carbons (Fsp3) is 0.516. The molecule has 0 atom stereocenters. The summed E-state index contributed by atoms with van der Waals surface area (Å²) >= 11 is 0. The predicted octanol–water partition coefficient (Wildman–Crippen LogP) is 3.95. The summed E-state index contributed by atoms with van der Waals surface area (Å²) in [6.07, 6.45) is 3.20. The summed E-state index contributed by atoms with van der Waals surface area (Å²) in [5.41, 5.74) is 2.15. The Morgan fingerprint density at radius 2 is 1.60 bits per heavy atom. The van der Waals surface area contributed by atoms with Crippen LogP contribution in [0.1, 0.15) is 45.1 Å². The number of fused-ring (bicyclic) bond motifs is 1. The van der Waals surface area contributed by atoms with Gasteiger partial charge >= 0.3 is 5.69 Å². The predicted molar refractivity (Wildman–Crippen MR) is 157 cm³/mol. The largest absolute Gasteiger partial charge is 0.490 e.